The number of rotatable bonds is 2. The van der Waals surface area contributed by atoms with Crippen LogP contribution in [0.15, 0.2) is 18.6 Å². The maximum Gasteiger partial charge on any atom is 0.409 e. The number of carbonyl (C=O) groups excluding carboxylic acids is 1. The first-order chi connectivity index (χ1) is 10.2. The molecule has 0 atom stereocenters. The maximum atomic E-state index is 11.7. The van der Waals surface area contributed by atoms with Crippen molar-refractivity contribution in [1.29, 1.82) is 0 Å². The number of aromatic nitrogens is 3. The molecule has 3 rings (SSSR count). The molecule has 0 aliphatic carbocycles. The summed E-state index contributed by atoms with van der Waals surface area (Å²) in [6.07, 6.45) is 3.34. The smallest absolute Gasteiger partial charge is 0.409 e. The Hall–Kier alpha value is -2.31. The van der Waals surface area contributed by atoms with Gasteiger partial charge in [0.2, 0.25) is 0 Å². The Balaban J connectivity index is 1.75. The second kappa shape index (κ2) is 5.59. The highest BCUT2D eigenvalue weighted by Gasteiger charge is 2.24. The molecular weight excluding hydrogens is 270 g/mol. The van der Waals surface area contributed by atoms with Gasteiger partial charge in [-0.3, -0.25) is 0 Å². The Morgan fingerprint density at radius 3 is 2.76 bits per heavy atom. The van der Waals surface area contributed by atoms with E-state index in [0.29, 0.717) is 19.7 Å². The van der Waals surface area contributed by atoms with Gasteiger partial charge in [-0.1, -0.05) is 0 Å². The van der Waals surface area contributed by atoms with Crippen LogP contribution in [0.3, 0.4) is 0 Å². The molecule has 0 N–H and O–H groups in total. The van der Waals surface area contributed by atoms with Crippen molar-refractivity contribution in [2.75, 3.05) is 37.7 Å². The molecule has 0 radical (unpaired) electrons. The molecular formula is C14H19N5O2. The van der Waals surface area contributed by atoms with Crippen LogP contribution in [0.1, 0.15) is 6.92 Å². The van der Waals surface area contributed by atoms with Gasteiger partial charge < -0.3 is 19.1 Å². The van der Waals surface area contributed by atoms with Crippen molar-refractivity contribution >= 4 is 22.9 Å². The van der Waals surface area contributed by atoms with Crippen LogP contribution < -0.4 is 4.90 Å². The number of hydrogen-bond donors (Lipinski definition) is 0. The van der Waals surface area contributed by atoms with Crippen LogP contribution in [-0.2, 0) is 11.8 Å². The van der Waals surface area contributed by atoms with Crippen molar-refractivity contribution < 1.29 is 9.53 Å². The molecule has 0 aromatic carbocycles. The molecule has 7 nitrogen and oxygen atoms in total. The fraction of sp³-hybridized carbons (Fsp3) is 0.500. The third-order valence-corrected chi connectivity index (χ3v) is 3.75. The third kappa shape index (κ3) is 2.51. The third-order valence-electron chi connectivity index (χ3n) is 3.75. The Morgan fingerprint density at radius 1 is 1.29 bits per heavy atom. The minimum atomic E-state index is -0.232. The van der Waals surface area contributed by atoms with Gasteiger partial charge in [0.15, 0.2) is 0 Å². The van der Waals surface area contributed by atoms with Gasteiger partial charge in [-0.2, -0.15) is 0 Å². The number of piperazine rings is 1. The first-order valence-corrected chi connectivity index (χ1v) is 7.13. The molecule has 0 bridgehead atoms. The number of amides is 1. The second-order valence-electron chi connectivity index (χ2n) is 5.03. The van der Waals surface area contributed by atoms with E-state index in [2.05, 4.69) is 14.9 Å². The first-order valence-electron chi connectivity index (χ1n) is 7.13. The van der Waals surface area contributed by atoms with Crippen LogP contribution in [0.4, 0.5) is 10.6 Å². The molecule has 7 heteroatoms. The molecule has 1 fully saturated rings. The van der Waals surface area contributed by atoms with E-state index >= 15 is 0 Å². The van der Waals surface area contributed by atoms with Crippen molar-refractivity contribution in [1.82, 2.24) is 19.4 Å². The first kappa shape index (κ1) is 13.7. The Morgan fingerprint density at radius 2 is 2.05 bits per heavy atom. The van der Waals surface area contributed by atoms with E-state index in [-0.39, 0.29) is 6.09 Å². The monoisotopic (exact) mass is 289 g/mol. The maximum absolute atomic E-state index is 11.7. The standard InChI is InChI=1S/C14H19N5O2/c1-3-21-14(20)19-8-6-18(7-9-19)13-11-4-5-17(2)12(11)15-10-16-13/h4-5,10H,3,6-9H2,1-2H3. The Labute approximate surface area is 123 Å². The summed E-state index contributed by atoms with van der Waals surface area (Å²) in [4.78, 5) is 24.4. The van der Waals surface area contributed by atoms with Crippen LogP contribution in [0.2, 0.25) is 0 Å². The van der Waals surface area contributed by atoms with Gasteiger partial charge >= 0.3 is 6.09 Å². The van der Waals surface area contributed by atoms with Gasteiger partial charge in [0.1, 0.15) is 17.8 Å². The second-order valence-corrected chi connectivity index (χ2v) is 5.03. The molecule has 21 heavy (non-hydrogen) atoms. The summed E-state index contributed by atoms with van der Waals surface area (Å²) < 4.78 is 7.02. The van der Waals surface area contributed by atoms with E-state index < -0.39 is 0 Å². The zero-order chi connectivity index (χ0) is 14.8. The summed E-state index contributed by atoms with van der Waals surface area (Å²) in [6, 6.07) is 2.03. The number of nitrogens with zero attached hydrogens (tertiary/aromatic N) is 5. The molecule has 1 aliphatic rings. The summed E-state index contributed by atoms with van der Waals surface area (Å²) in [6.45, 7) is 5.03. The average molecular weight is 289 g/mol. The number of aryl methyl sites for hydroxylation is 1. The quantitative estimate of drug-likeness (QED) is 0.832. The lowest BCUT2D eigenvalue weighted by Crippen LogP contribution is -2.49. The molecule has 1 saturated heterocycles. The van der Waals surface area contributed by atoms with Gasteiger partial charge in [0, 0.05) is 39.4 Å². The SMILES string of the molecule is CCOC(=O)N1CCN(c2ncnc3c2ccn3C)CC1. The molecule has 3 heterocycles. The lowest BCUT2D eigenvalue weighted by Gasteiger charge is -2.34. The minimum Gasteiger partial charge on any atom is -0.450 e. The fourth-order valence-electron chi connectivity index (χ4n) is 2.63. The molecule has 0 unspecified atom stereocenters. The number of ether oxygens (including phenoxy) is 1. The van der Waals surface area contributed by atoms with E-state index in [9.17, 15) is 4.79 Å². The van der Waals surface area contributed by atoms with Gasteiger partial charge in [0.25, 0.3) is 0 Å². The normalized spacial score (nSPS) is 15.5. The molecule has 2 aromatic rings. The minimum absolute atomic E-state index is 0.232. The summed E-state index contributed by atoms with van der Waals surface area (Å²) in [5, 5.41) is 1.05. The molecule has 1 amide bonds. The van der Waals surface area contributed by atoms with Crippen LogP contribution in [0.25, 0.3) is 11.0 Å². The Kier molecular flexibility index (Phi) is 3.64. The van der Waals surface area contributed by atoms with E-state index in [1.165, 1.54) is 0 Å². The highest BCUT2D eigenvalue weighted by molar-refractivity contribution is 5.87. The number of hydrogen-bond acceptors (Lipinski definition) is 5. The molecule has 2 aromatic heterocycles. The van der Waals surface area contributed by atoms with Crippen LogP contribution in [0.5, 0.6) is 0 Å². The van der Waals surface area contributed by atoms with E-state index in [1.807, 2.05) is 30.8 Å². The van der Waals surface area contributed by atoms with Gasteiger partial charge in [0.05, 0.1) is 12.0 Å². The zero-order valence-corrected chi connectivity index (χ0v) is 12.3. The number of anilines is 1. The summed E-state index contributed by atoms with van der Waals surface area (Å²) in [5.41, 5.74) is 0.924. The van der Waals surface area contributed by atoms with Gasteiger partial charge in [-0.25, -0.2) is 14.8 Å². The molecule has 1 aliphatic heterocycles. The topological polar surface area (TPSA) is 63.5 Å². The van der Waals surface area contributed by atoms with Crippen LogP contribution in [0, 0.1) is 0 Å². The van der Waals surface area contributed by atoms with Crippen molar-refractivity contribution in [3.8, 4) is 0 Å². The Bertz CT molecular complexity index is 646. The van der Waals surface area contributed by atoms with E-state index in [0.717, 1.165) is 29.9 Å². The number of carbonyl (C=O) groups is 1. The lowest BCUT2D eigenvalue weighted by molar-refractivity contribution is 0.105. The van der Waals surface area contributed by atoms with Gasteiger partial charge in [-0.15, -0.1) is 0 Å². The predicted molar refractivity (Wildman–Crippen MR) is 79.3 cm³/mol. The molecule has 0 spiro atoms. The lowest BCUT2D eigenvalue weighted by atomic mass is 10.3. The van der Waals surface area contributed by atoms with E-state index in [1.54, 1.807) is 11.2 Å². The predicted octanol–water partition coefficient (Wildman–Crippen LogP) is 1.25. The molecule has 0 saturated carbocycles. The average Bonchev–Trinajstić information content (AvgIpc) is 2.89. The summed E-state index contributed by atoms with van der Waals surface area (Å²) >= 11 is 0. The van der Waals surface area contributed by atoms with Crippen molar-refractivity contribution in [3.63, 3.8) is 0 Å². The van der Waals surface area contributed by atoms with Crippen molar-refractivity contribution in [2.24, 2.45) is 7.05 Å². The fourth-order valence-corrected chi connectivity index (χ4v) is 2.63. The van der Waals surface area contributed by atoms with Crippen molar-refractivity contribution in [3.05, 3.63) is 18.6 Å². The van der Waals surface area contributed by atoms with Crippen LogP contribution in [-0.4, -0.2) is 58.3 Å². The number of fused-ring (bicyclic) bond motifs is 1. The highest BCUT2D eigenvalue weighted by Crippen LogP contribution is 2.24. The van der Waals surface area contributed by atoms with Gasteiger partial charge in [-0.05, 0) is 13.0 Å². The zero-order valence-electron chi connectivity index (χ0n) is 12.3. The summed E-state index contributed by atoms with van der Waals surface area (Å²) in [7, 11) is 1.97. The van der Waals surface area contributed by atoms with Crippen LogP contribution >= 0.6 is 0 Å². The molecule has 112 valence electrons. The summed E-state index contributed by atoms with van der Waals surface area (Å²) in [5.74, 6) is 0.934. The highest BCUT2D eigenvalue weighted by atomic mass is 16.6. The largest absolute Gasteiger partial charge is 0.450 e. The van der Waals surface area contributed by atoms with Crippen molar-refractivity contribution in [2.45, 2.75) is 6.92 Å². The van der Waals surface area contributed by atoms with E-state index in [4.69, 9.17) is 4.74 Å².